The molecule has 2 aromatic rings. The van der Waals surface area contributed by atoms with E-state index in [1.807, 2.05) is 0 Å². The van der Waals surface area contributed by atoms with Crippen LogP contribution in [0.15, 0.2) is 47.2 Å². The molecule has 2 heterocycles. The van der Waals surface area contributed by atoms with E-state index in [1.54, 1.807) is 11.3 Å². The summed E-state index contributed by atoms with van der Waals surface area (Å²) in [7, 11) is 0. The molecule has 1 aromatic carbocycles. The molecule has 0 unspecified atom stereocenters. The lowest BCUT2D eigenvalue weighted by Crippen LogP contribution is -2.52. The highest BCUT2D eigenvalue weighted by Crippen LogP contribution is 2.38. The van der Waals surface area contributed by atoms with Crippen LogP contribution in [0, 0.1) is 0 Å². The van der Waals surface area contributed by atoms with Gasteiger partial charge >= 0.3 is 0 Å². The van der Waals surface area contributed by atoms with E-state index in [0.29, 0.717) is 6.42 Å². The van der Waals surface area contributed by atoms with Crippen molar-refractivity contribution >= 4 is 17.2 Å². The van der Waals surface area contributed by atoms with Gasteiger partial charge in [0.25, 0.3) is 0 Å². The van der Waals surface area contributed by atoms with Crippen molar-refractivity contribution in [1.29, 1.82) is 0 Å². The van der Waals surface area contributed by atoms with Gasteiger partial charge < -0.3 is 5.32 Å². The zero-order valence-corrected chi connectivity index (χ0v) is 18.8. The highest BCUT2D eigenvalue weighted by atomic mass is 32.1. The molecule has 0 bridgehead atoms. The van der Waals surface area contributed by atoms with Gasteiger partial charge in [-0.15, -0.1) is 0 Å². The Kier molecular flexibility index (Phi) is 7.58. The molecule has 1 saturated heterocycles. The summed E-state index contributed by atoms with van der Waals surface area (Å²) < 4.78 is 0. The molecule has 5 heteroatoms. The third-order valence-electron chi connectivity index (χ3n) is 6.80. The van der Waals surface area contributed by atoms with Crippen molar-refractivity contribution in [1.82, 2.24) is 15.1 Å². The molecule has 2 fully saturated rings. The van der Waals surface area contributed by atoms with Crippen LogP contribution >= 0.6 is 11.3 Å². The normalized spacial score (nSPS) is 21.8. The Labute approximate surface area is 185 Å². The SMILES string of the molecule is O=C1CC2(CCCCC2)N(Cc2ccccc2)CCCN(Cc2ccsc2)CCN1. The van der Waals surface area contributed by atoms with Crippen molar-refractivity contribution in [3.05, 3.63) is 58.3 Å². The molecule has 4 nitrogen and oxygen atoms in total. The third kappa shape index (κ3) is 5.71. The summed E-state index contributed by atoms with van der Waals surface area (Å²) in [5.74, 6) is 0.229. The summed E-state index contributed by atoms with van der Waals surface area (Å²) in [4.78, 5) is 18.1. The van der Waals surface area contributed by atoms with Crippen LogP contribution in [-0.2, 0) is 17.9 Å². The Balaban J connectivity index is 1.52. The van der Waals surface area contributed by atoms with Gasteiger partial charge in [-0.2, -0.15) is 11.3 Å². The predicted octanol–water partition coefficient (Wildman–Crippen LogP) is 4.67. The van der Waals surface area contributed by atoms with Gasteiger partial charge in [0, 0.05) is 44.7 Å². The van der Waals surface area contributed by atoms with Crippen LogP contribution in [0.1, 0.15) is 56.1 Å². The highest BCUT2D eigenvalue weighted by Gasteiger charge is 2.39. The standard InChI is InChI=1S/C25H35N3OS/c29-24-18-25(11-5-2-6-12-25)28(20-22-8-3-1-4-9-22)15-7-14-27(16-13-26-24)19-23-10-17-30-21-23/h1,3-4,8-10,17,21H,2,5-7,11-16,18-20H2,(H,26,29). The molecule has 1 amide bonds. The largest absolute Gasteiger partial charge is 0.355 e. The summed E-state index contributed by atoms with van der Waals surface area (Å²) in [6.45, 7) is 5.72. The number of hydrogen-bond donors (Lipinski definition) is 1. The topological polar surface area (TPSA) is 35.6 Å². The molecule has 1 spiro atoms. The lowest BCUT2D eigenvalue weighted by atomic mass is 9.77. The molecule has 4 rings (SSSR count). The average molecular weight is 426 g/mol. The van der Waals surface area contributed by atoms with Crippen LogP contribution in [0.2, 0.25) is 0 Å². The molecule has 2 aliphatic rings. The monoisotopic (exact) mass is 425 g/mol. The first-order valence-corrected chi connectivity index (χ1v) is 12.5. The van der Waals surface area contributed by atoms with E-state index >= 15 is 0 Å². The Morgan fingerprint density at radius 1 is 0.900 bits per heavy atom. The molecule has 0 radical (unpaired) electrons. The first-order valence-electron chi connectivity index (χ1n) is 11.5. The van der Waals surface area contributed by atoms with Crippen LogP contribution < -0.4 is 5.32 Å². The Bertz CT molecular complexity index is 771. The van der Waals surface area contributed by atoms with Crippen molar-refractivity contribution in [3.8, 4) is 0 Å². The number of amides is 1. The maximum atomic E-state index is 13.0. The number of rotatable bonds is 4. The minimum Gasteiger partial charge on any atom is -0.355 e. The first kappa shape index (κ1) is 21.5. The van der Waals surface area contributed by atoms with E-state index in [9.17, 15) is 4.79 Å². The number of carbonyl (C=O) groups excluding carboxylic acids is 1. The molecule has 1 saturated carbocycles. The van der Waals surface area contributed by atoms with Gasteiger partial charge in [-0.25, -0.2) is 0 Å². The predicted molar refractivity (Wildman–Crippen MR) is 125 cm³/mol. The van der Waals surface area contributed by atoms with Crippen molar-refractivity contribution in [2.75, 3.05) is 26.2 Å². The molecule has 30 heavy (non-hydrogen) atoms. The maximum absolute atomic E-state index is 13.0. The number of nitrogens with one attached hydrogen (secondary N) is 1. The van der Waals surface area contributed by atoms with Gasteiger partial charge in [-0.05, 0) is 53.8 Å². The van der Waals surface area contributed by atoms with Gasteiger partial charge in [0.05, 0.1) is 0 Å². The van der Waals surface area contributed by atoms with Crippen LogP contribution in [0.4, 0.5) is 0 Å². The second-order valence-electron chi connectivity index (χ2n) is 8.98. The van der Waals surface area contributed by atoms with E-state index in [2.05, 4.69) is 62.3 Å². The Morgan fingerprint density at radius 3 is 2.50 bits per heavy atom. The summed E-state index contributed by atoms with van der Waals surface area (Å²) in [6.07, 6.45) is 7.86. The molecule has 1 aliphatic carbocycles. The summed E-state index contributed by atoms with van der Waals surface area (Å²) in [5.41, 5.74) is 2.75. The zero-order chi connectivity index (χ0) is 20.7. The number of hydrogen-bond acceptors (Lipinski definition) is 4. The minimum absolute atomic E-state index is 0.0146. The van der Waals surface area contributed by atoms with E-state index in [-0.39, 0.29) is 11.4 Å². The van der Waals surface area contributed by atoms with Crippen LogP contribution in [0.3, 0.4) is 0 Å². The number of benzene rings is 1. The summed E-state index contributed by atoms with van der Waals surface area (Å²) >= 11 is 1.76. The van der Waals surface area contributed by atoms with E-state index < -0.39 is 0 Å². The molecule has 0 atom stereocenters. The first-order chi connectivity index (χ1) is 14.7. The van der Waals surface area contributed by atoms with Crippen molar-refractivity contribution in [2.45, 2.75) is 63.6 Å². The molecule has 1 N–H and O–H groups in total. The molecule has 1 aromatic heterocycles. The number of nitrogens with zero attached hydrogens (tertiary/aromatic N) is 2. The van der Waals surface area contributed by atoms with Crippen molar-refractivity contribution in [2.24, 2.45) is 0 Å². The lowest BCUT2D eigenvalue weighted by molar-refractivity contribution is -0.125. The quantitative estimate of drug-likeness (QED) is 0.773. The van der Waals surface area contributed by atoms with Crippen molar-refractivity contribution < 1.29 is 4.79 Å². The molecule has 1 aliphatic heterocycles. The number of thiophene rings is 1. The lowest BCUT2D eigenvalue weighted by Gasteiger charge is -2.46. The smallest absolute Gasteiger partial charge is 0.221 e. The van der Waals surface area contributed by atoms with Gasteiger partial charge in [0.1, 0.15) is 0 Å². The number of carbonyl (C=O) groups is 1. The summed E-state index contributed by atoms with van der Waals surface area (Å²) in [6, 6.07) is 13.0. The molecular weight excluding hydrogens is 390 g/mol. The van der Waals surface area contributed by atoms with E-state index in [0.717, 1.165) is 58.5 Å². The summed E-state index contributed by atoms with van der Waals surface area (Å²) in [5, 5.41) is 7.63. The Morgan fingerprint density at radius 2 is 1.73 bits per heavy atom. The van der Waals surface area contributed by atoms with Crippen LogP contribution in [0.5, 0.6) is 0 Å². The van der Waals surface area contributed by atoms with Crippen LogP contribution in [0.25, 0.3) is 0 Å². The third-order valence-corrected chi connectivity index (χ3v) is 7.53. The zero-order valence-electron chi connectivity index (χ0n) is 18.0. The molecular formula is C25H35N3OS. The second-order valence-corrected chi connectivity index (χ2v) is 9.76. The van der Waals surface area contributed by atoms with Gasteiger partial charge in [0.15, 0.2) is 0 Å². The highest BCUT2D eigenvalue weighted by molar-refractivity contribution is 7.07. The van der Waals surface area contributed by atoms with Gasteiger partial charge in [-0.3, -0.25) is 14.6 Å². The van der Waals surface area contributed by atoms with Gasteiger partial charge in [0.2, 0.25) is 5.91 Å². The minimum atomic E-state index is 0.0146. The average Bonchev–Trinajstić information content (AvgIpc) is 3.26. The van der Waals surface area contributed by atoms with Crippen molar-refractivity contribution in [3.63, 3.8) is 0 Å². The van der Waals surface area contributed by atoms with Gasteiger partial charge in [-0.1, -0.05) is 49.6 Å². The van der Waals surface area contributed by atoms with E-state index in [1.165, 1.54) is 30.4 Å². The van der Waals surface area contributed by atoms with Crippen LogP contribution in [-0.4, -0.2) is 47.4 Å². The fraction of sp³-hybridized carbons (Fsp3) is 0.560. The Hall–Kier alpha value is -1.69. The second kappa shape index (κ2) is 10.6. The molecule has 162 valence electrons. The maximum Gasteiger partial charge on any atom is 0.221 e. The fourth-order valence-corrected chi connectivity index (χ4v) is 5.87. The fourth-order valence-electron chi connectivity index (χ4n) is 5.21. The van der Waals surface area contributed by atoms with E-state index in [4.69, 9.17) is 0 Å².